The van der Waals surface area contributed by atoms with E-state index in [2.05, 4.69) is 0 Å². The number of carbonyl (C=O) groups excluding carboxylic acids is 2. The second-order valence-corrected chi connectivity index (χ2v) is 9.14. The Morgan fingerprint density at radius 1 is 1.40 bits per heavy atom. The number of hydrogen-bond acceptors (Lipinski definition) is 6. The van der Waals surface area contributed by atoms with Crippen molar-refractivity contribution in [3.63, 3.8) is 0 Å². The Kier molecular flexibility index (Phi) is 5.99. The summed E-state index contributed by atoms with van der Waals surface area (Å²) >= 11 is 2.74. The highest BCUT2D eigenvalue weighted by Crippen LogP contribution is 2.52. The molecule has 30 heavy (non-hydrogen) atoms. The molecule has 4 heterocycles. The third kappa shape index (κ3) is 2.91. The summed E-state index contributed by atoms with van der Waals surface area (Å²) in [5.74, 6) is -2.38. The van der Waals surface area contributed by atoms with Gasteiger partial charge in [-0.05, 0) is 20.1 Å². The molecule has 1 fully saturated rings. The monoisotopic (exact) mass is 564 g/mol. The van der Waals surface area contributed by atoms with Crippen molar-refractivity contribution >= 4 is 51.4 Å². The minimum atomic E-state index is -1.17. The third-order valence-electron chi connectivity index (χ3n) is 5.79. The standard InChI is InChI=1S/C18H20N4O5S2.HI/c1-6-9(12(17(25)26)22-11(6)10(8(3)23)14(22)24)13-7(2)20-5-21(18(19)27)15(28-4)16(20)29-13;/h5-6,8,10-11,23H,1-4H3,(H2-,19,25,26,27);1H/t6-,8+,10+,11+;/m0./s1. The molecular formula is C18H21IN4O5S2. The van der Waals surface area contributed by atoms with Crippen molar-refractivity contribution in [2.45, 2.75) is 37.9 Å². The van der Waals surface area contributed by atoms with E-state index in [1.54, 1.807) is 13.3 Å². The average Bonchev–Trinajstić information content (AvgIpc) is 3.22. The third-order valence-corrected chi connectivity index (χ3v) is 8.00. The number of β-lactam (4-membered cyclic amide) rings is 1. The molecule has 2 aromatic rings. The van der Waals surface area contributed by atoms with Crippen molar-refractivity contribution < 1.29 is 53.0 Å². The number of thiazole rings is 1. The van der Waals surface area contributed by atoms with Gasteiger partial charge in [-0.25, -0.2) is 9.59 Å². The van der Waals surface area contributed by atoms with Gasteiger partial charge in [-0.3, -0.25) is 4.79 Å². The zero-order valence-electron chi connectivity index (χ0n) is 16.6. The summed E-state index contributed by atoms with van der Waals surface area (Å²) in [6.07, 6.45) is 2.58. The van der Waals surface area contributed by atoms with Gasteiger partial charge in [-0.15, -0.1) is 4.57 Å². The minimum Gasteiger partial charge on any atom is -1.00 e. The van der Waals surface area contributed by atoms with E-state index in [4.69, 9.17) is 5.73 Å². The fraction of sp³-hybridized carbons (Fsp3) is 0.444. The highest BCUT2D eigenvalue weighted by Gasteiger charge is 2.60. The first-order valence-corrected chi connectivity index (χ1v) is 11.0. The molecule has 2 amide bonds. The Labute approximate surface area is 197 Å². The molecule has 2 aliphatic rings. The molecule has 2 aliphatic heterocycles. The van der Waals surface area contributed by atoms with Crippen LogP contribution in [0, 0.1) is 18.8 Å². The first-order valence-electron chi connectivity index (χ1n) is 9.00. The molecule has 0 aliphatic carbocycles. The van der Waals surface area contributed by atoms with Crippen molar-refractivity contribution in [3.8, 4) is 0 Å². The second kappa shape index (κ2) is 7.80. The summed E-state index contributed by atoms with van der Waals surface area (Å²) in [4.78, 5) is 39.2. The number of aliphatic hydroxyl groups excluding tert-OH is 1. The van der Waals surface area contributed by atoms with Crippen LogP contribution in [0.25, 0.3) is 10.4 Å². The molecule has 0 saturated carbocycles. The zero-order valence-corrected chi connectivity index (χ0v) is 20.4. The average molecular weight is 564 g/mol. The number of carboxylic acid groups (broad SMARTS) is 1. The molecular weight excluding hydrogens is 543 g/mol. The Bertz CT molecular complexity index is 1120. The fourth-order valence-corrected chi connectivity index (χ4v) is 6.78. The number of nitrogens with two attached hydrogens (primary N) is 1. The van der Waals surface area contributed by atoms with E-state index in [0.717, 1.165) is 15.4 Å². The molecule has 0 unspecified atom stereocenters. The van der Waals surface area contributed by atoms with Gasteiger partial charge < -0.3 is 44.8 Å². The number of primary amides is 1. The number of fused-ring (bicyclic) bond motifs is 2. The fourth-order valence-electron chi connectivity index (χ4n) is 4.50. The summed E-state index contributed by atoms with van der Waals surface area (Å²) in [6.45, 7) is 5.29. The first kappa shape index (κ1) is 23.0. The number of carbonyl (C=O) groups is 3. The van der Waals surface area contributed by atoms with Crippen LogP contribution in [0.1, 0.15) is 24.4 Å². The van der Waals surface area contributed by atoms with E-state index >= 15 is 0 Å². The van der Waals surface area contributed by atoms with E-state index < -0.39 is 24.0 Å². The van der Waals surface area contributed by atoms with E-state index in [1.807, 2.05) is 24.5 Å². The Morgan fingerprint density at radius 3 is 2.53 bits per heavy atom. The Morgan fingerprint density at radius 2 is 2.03 bits per heavy atom. The molecule has 4 atom stereocenters. The van der Waals surface area contributed by atoms with Crippen LogP contribution in [-0.4, -0.2) is 56.0 Å². The highest BCUT2D eigenvalue weighted by atomic mass is 127. The van der Waals surface area contributed by atoms with E-state index in [0.29, 0.717) is 10.6 Å². The van der Waals surface area contributed by atoms with Crippen LogP contribution < -0.4 is 34.1 Å². The van der Waals surface area contributed by atoms with Crippen LogP contribution in [0.5, 0.6) is 0 Å². The molecule has 0 aromatic carbocycles. The molecule has 1 saturated heterocycles. The summed E-state index contributed by atoms with van der Waals surface area (Å²) < 4.78 is 3.18. The normalized spacial score (nSPS) is 24.0. The van der Waals surface area contributed by atoms with Gasteiger partial charge in [-0.2, -0.15) is 4.40 Å². The zero-order chi connectivity index (χ0) is 21.4. The largest absolute Gasteiger partial charge is 1.00 e. The van der Waals surface area contributed by atoms with E-state index in [-0.39, 0.29) is 47.5 Å². The number of amides is 2. The highest BCUT2D eigenvalue weighted by molar-refractivity contribution is 7.98. The van der Waals surface area contributed by atoms with Crippen molar-refractivity contribution in [1.82, 2.24) is 9.47 Å². The number of nitrogens with zero attached hydrogens (tertiary/aromatic N) is 3. The first-order chi connectivity index (χ1) is 13.6. The number of thioether (sulfide) groups is 1. The molecule has 12 heteroatoms. The number of rotatable bonds is 4. The van der Waals surface area contributed by atoms with Crippen LogP contribution in [-0.2, 0) is 9.59 Å². The number of aryl methyl sites for hydroxylation is 1. The predicted octanol–water partition coefficient (Wildman–Crippen LogP) is -2.10. The van der Waals surface area contributed by atoms with Gasteiger partial charge in [-0.1, -0.05) is 30.0 Å². The topological polar surface area (TPSA) is 130 Å². The number of hydrogen-bond donors (Lipinski definition) is 3. The van der Waals surface area contributed by atoms with Crippen LogP contribution in [0.3, 0.4) is 0 Å². The maximum atomic E-state index is 12.6. The maximum Gasteiger partial charge on any atom is 0.411 e. The van der Waals surface area contributed by atoms with E-state index in [9.17, 15) is 24.6 Å². The van der Waals surface area contributed by atoms with Gasteiger partial charge >= 0.3 is 12.0 Å². The minimum absolute atomic E-state index is 0. The van der Waals surface area contributed by atoms with Crippen molar-refractivity contribution in [2.75, 3.05) is 6.26 Å². The number of halogens is 1. The maximum absolute atomic E-state index is 12.6. The Balaban J connectivity index is 0.00000256. The van der Waals surface area contributed by atoms with Gasteiger partial charge in [0.05, 0.1) is 22.9 Å². The number of imidazole rings is 1. The van der Waals surface area contributed by atoms with Crippen molar-refractivity contribution in [2.24, 2.45) is 17.6 Å². The molecule has 0 spiro atoms. The van der Waals surface area contributed by atoms with Gasteiger partial charge in [0.15, 0.2) is 0 Å². The van der Waals surface area contributed by atoms with Gasteiger partial charge in [0.2, 0.25) is 15.8 Å². The van der Waals surface area contributed by atoms with Crippen LogP contribution >= 0.6 is 23.1 Å². The lowest BCUT2D eigenvalue weighted by Crippen LogP contribution is -3.00. The van der Waals surface area contributed by atoms with Gasteiger partial charge in [0, 0.05) is 11.5 Å². The summed E-state index contributed by atoms with van der Waals surface area (Å²) in [7, 11) is 0. The van der Waals surface area contributed by atoms with Crippen LogP contribution in [0.15, 0.2) is 17.1 Å². The molecule has 162 valence electrons. The van der Waals surface area contributed by atoms with Crippen LogP contribution in [0.2, 0.25) is 0 Å². The van der Waals surface area contributed by atoms with Crippen LogP contribution in [0.4, 0.5) is 4.79 Å². The number of aliphatic hydroxyl groups is 1. The summed E-state index contributed by atoms with van der Waals surface area (Å²) in [5, 5.41) is 20.6. The quantitative estimate of drug-likeness (QED) is 0.169. The van der Waals surface area contributed by atoms with Gasteiger partial charge in [0.1, 0.15) is 11.4 Å². The molecule has 9 nitrogen and oxygen atoms in total. The lowest BCUT2D eigenvalue weighted by Gasteiger charge is -2.46. The predicted molar refractivity (Wildman–Crippen MR) is 106 cm³/mol. The molecule has 0 radical (unpaired) electrons. The number of aliphatic carboxylic acids is 1. The Hall–Kier alpha value is -1.64. The molecule has 2 aromatic heterocycles. The lowest BCUT2D eigenvalue weighted by atomic mass is 9.77. The lowest BCUT2D eigenvalue weighted by molar-refractivity contribution is -0.515. The van der Waals surface area contributed by atoms with Gasteiger partial charge in [0.25, 0.3) is 6.33 Å². The van der Waals surface area contributed by atoms with E-state index in [1.165, 1.54) is 32.6 Å². The molecule has 4 N–H and O–H groups in total. The SMILES string of the molecule is CSc1c2sc(C3=C(C(=O)O)N4C(=O)[C@H]([C@@H](C)O)[C@H]4[C@H]3C)c(C)[n+]2cn1C(N)=O.[I-]. The smallest absolute Gasteiger partial charge is 0.411 e. The van der Waals surface area contributed by atoms with Crippen molar-refractivity contribution in [1.29, 1.82) is 0 Å². The van der Waals surface area contributed by atoms with Crippen molar-refractivity contribution in [3.05, 3.63) is 22.6 Å². The summed E-state index contributed by atoms with van der Waals surface area (Å²) in [6, 6.07) is -0.972. The number of aromatic nitrogens is 2. The second-order valence-electron chi connectivity index (χ2n) is 7.35. The molecule has 0 bridgehead atoms. The summed E-state index contributed by atoms with van der Waals surface area (Å²) in [5.41, 5.74) is 6.79. The molecule has 4 rings (SSSR count). The number of carboxylic acids is 1.